The van der Waals surface area contributed by atoms with Crippen LogP contribution in [0.3, 0.4) is 0 Å². The Morgan fingerprint density at radius 1 is 1.33 bits per heavy atom. The van der Waals surface area contributed by atoms with Gasteiger partial charge in [-0.05, 0) is 23.6 Å². The topological polar surface area (TPSA) is 40.7 Å². The van der Waals surface area contributed by atoms with E-state index in [1.165, 1.54) is 0 Å². The molecule has 96 valence electrons. The van der Waals surface area contributed by atoms with Crippen molar-refractivity contribution in [3.63, 3.8) is 0 Å². The summed E-state index contributed by atoms with van der Waals surface area (Å²) in [4.78, 5) is 7.20. The van der Waals surface area contributed by atoms with Gasteiger partial charge in [-0.1, -0.05) is 36.2 Å². The van der Waals surface area contributed by atoms with E-state index in [0.717, 1.165) is 28.0 Å². The molecule has 0 aliphatic rings. The van der Waals surface area contributed by atoms with E-state index in [4.69, 9.17) is 23.2 Å². The van der Waals surface area contributed by atoms with Crippen LogP contribution in [0.1, 0.15) is 24.2 Å². The molecule has 1 aromatic heterocycles. The first kappa shape index (κ1) is 13.4. The SMILES string of the molecule is CC(CNCc1ncc[nH]1)c1c(Cl)cccc1Cl. The molecule has 1 heterocycles. The minimum Gasteiger partial charge on any atom is -0.348 e. The summed E-state index contributed by atoms with van der Waals surface area (Å²) in [5, 5.41) is 4.76. The Kier molecular flexibility index (Phi) is 4.64. The molecule has 1 atom stereocenters. The molecule has 0 aliphatic heterocycles. The van der Waals surface area contributed by atoms with Crippen LogP contribution in [0, 0.1) is 0 Å². The van der Waals surface area contributed by atoms with E-state index in [-0.39, 0.29) is 5.92 Å². The summed E-state index contributed by atoms with van der Waals surface area (Å²) < 4.78 is 0. The summed E-state index contributed by atoms with van der Waals surface area (Å²) in [6, 6.07) is 5.59. The maximum Gasteiger partial charge on any atom is 0.120 e. The fourth-order valence-electron chi connectivity index (χ4n) is 1.89. The number of hydrogen-bond donors (Lipinski definition) is 2. The van der Waals surface area contributed by atoms with Gasteiger partial charge < -0.3 is 10.3 Å². The lowest BCUT2D eigenvalue weighted by Gasteiger charge is -2.15. The number of nitrogens with one attached hydrogen (secondary N) is 2. The third-order valence-corrected chi connectivity index (χ3v) is 3.45. The molecule has 0 bridgehead atoms. The predicted molar refractivity (Wildman–Crippen MR) is 75.2 cm³/mol. The smallest absolute Gasteiger partial charge is 0.120 e. The van der Waals surface area contributed by atoms with Crippen LogP contribution < -0.4 is 5.32 Å². The minimum atomic E-state index is 0.251. The van der Waals surface area contributed by atoms with Gasteiger partial charge in [-0.3, -0.25) is 0 Å². The standard InChI is InChI=1S/C13H15Cl2N3/c1-9(7-16-8-12-17-5-6-18-12)13-10(14)3-2-4-11(13)15/h2-6,9,16H,7-8H2,1H3,(H,17,18). The third-order valence-electron chi connectivity index (χ3n) is 2.79. The number of rotatable bonds is 5. The van der Waals surface area contributed by atoms with E-state index in [0.29, 0.717) is 6.54 Å². The Morgan fingerprint density at radius 3 is 2.67 bits per heavy atom. The van der Waals surface area contributed by atoms with Crippen LogP contribution in [0.4, 0.5) is 0 Å². The number of hydrogen-bond acceptors (Lipinski definition) is 2. The number of imidazole rings is 1. The molecular weight excluding hydrogens is 269 g/mol. The monoisotopic (exact) mass is 283 g/mol. The maximum absolute atomic E-state index is 6.17. The van der Waals surface area contributed by atoms with Crippen molar-refractivity contribution in [3.05, 3.63) is 52.0 Å². The lowest BCUT2D eigenvalue weighted by atomic mass is 10.0. The van der Waals surface area contributed by atoms with Crippen LogP contribution in [-0.2, 0) is 6.54 Å². The Balaban J connectivity index is 1.93. The van der Waals surface area contributed by atoms with E-state index in [1.54, 1.807) is 6.20 Å². The van der Waals surface area contributed by atoms with E-state index in [2.05, 4.69) is 22.2 Å². The van der Waals surface area contributed by atoms with Crippen molar-refractivity contribution in [2.24, 2.45) is 0 Å². The Bertz CT molecular complexity index is 477. The summed E-state index contributed by atoms with van der Waals surface area (Å²) in [7, 11) is 0. The van der Waals surface area contributed by atoms with Crippen LogP contribution in [0.25, 0.3) is 0 Å². The van der Waals surface area contributed by atoms with Crippen LogP contribution in [0.2, 0.25) is 10.0 Å². The van der Waals surface area contributed by atoms with Gasteiger partial charge >= 0.3 is 0 Å². The van der Waals surface area contributed by atoms with E-state index in [9.17, 15) is 0 Å². The summed E-state index contributed by atoms with van der Waals surface area (Å²) in [6.07, 6.45) is 3.55. The first-order valence-corrected chi connectivity index (χ1v) is 6.57. The molecule has 0 saturated heterocycles. The van der Waals surface area contributed by atoms with Gasteiger partial charge in [0.15, 0.2) is 0 Å². The molecule has 0 amide bonds. The highest BCUT2D eigenvalue weighted by molar-refractivity contribution is 6.36. The molecule has 0 aliphatic carbocycles. The molecule has 0 radical (unpaired) electrons. The molecule has 3 nitrogen and oxygen atoms in total. The average molecular weight is 284 g/mol. The van der Waals surface area contributed by atoms with E-state index in [1.807, 2.05) is 24.4 Å². The zero-order valence-electron chi connectivity index (χ0n) is 10.1. The Labute approximate surface area is 117 Å². The Hall–Kier alpha value is -1.03. The fraction of sp³-hybridized carbons (Fsp3) is 0.308. The summed E-state index contributed by atoms with van der Waals surface area (Å²) >= 11 is 12.3. The highest BCUT2D eigenvalue weighted by atomic mass is 35.5. The van der Waals surface area contributed by atoms with Gasteiger partial charge in [-0.15, -0.1) is 0 Å². The normalized spacial score (nSPS) is 12.6. The van der Waals surface area contributed by atoms with Crippen molar-refractivity contribution in [1.29, 1.82) is 0 Å². The van der Waals surface area contributed by atoms with Crippen molar-refractivity contribution in [2.45, 2.75) is 19.4 Å². The molecule has 0 fully saturated rings. The number of aromatic amines is 1. The quantitative estimate of drug-likeness (QED) is 0.880. The summed E-state index contributed by atoms with van der Waals surface area (Å²) in [5.41, 5.74) is 0.993. The van der Waals surface area contributed by atoms with Gasteiger partial charge in [-0.2, -0.15) is 0 Å². The number of H-pyrrole nitrogens is 1. The van der Waals surface area contributed by atoms with Crippen molar-refractivity contribution >= 4 is 23.2 Å². The zero-order chi connectivity index (χ0) is 13.0. The van der Waals surface area contributed by atoms with Crippen LogP contribution in [0.15, 0.2) is 30.6 Å². The van der Waals surface area contributed by atoms with Gasteiger partial charge in [0.2, 0.25) is 0 Å². The lowest BCUT2D eigenvalue weighted by molar-refractivity contribution is 0.603. The molecule has 2 rings (SSSR count). The molecule has 1 unspecified atom stereocenters. The number of aromatic nitrogens is 2. The minimum absolute atomic E-state index is 0.251. The molecule has 0 saturated carbocycles. The average Bonchev–Trinajstić information content (AvgIpc) is 2.82. The van der Waals surface area contributed by atoms with Crippen LogP contribution in [0.5, 0.6) is 0 Å². The van der Waals surface area contributed by atoms with Gasteiger partial charge in [0.05, 0.1) is 6.54 Å². The lowest BCUT2D eigenvalue weighted by Crippen LogP contribution is -2.20. The van der Waals surface area contributed by atoms with Crippen molar-refractivity contribution in [3.8, 4) is 0 Å². The van der Waals surface area contributed by atoms with E-state index < -0.39 is 0 Å². The van der Waals surface area contributed by atoms with Gasteiger partial charge in [0.25, 0.3) is 0 Å². The Morgan fingerprint density at radius 2 is 2.06 bits per heavy atom. The molecular formula is C13H15Cl2N3. The van der Waals surface area contributed by atoms with Gasteiger partial charge in [-0.25, -0.2) is 4.98 Å². The highest BCUT2D eigenvalue weighted by Gasteiger charge is 2.13. The second kappa shape index (κ2) is 6.23. The first-order valence-electron chi connectivity index (χ1n) is 5.81. The fourth-order valence-corrected chi connectivity index (χ4v) is 2.66. The predicted octanol–water partition coefficient (Wildman–Crippen LogP) is 3.61. The summed E-state index contributed by atoms with van der Waals surface area (Å²) in [6.45, 7) is 3.60. The third kappa shape index (κ3) is 3.25. The van der Waals surface area contributed by atoms with Gasteiger partial charge in [0, 0.05) is 29.0 Å². The van der Waals surface area contributed by atoms with Crippen molar-refractivity contribution < 1.29 is 0 Å². The second-order valence-electron chi connectivity index (χ2n) is 4.20. The molecule has 5 heteroatoms. The number of benzene rings is 1. The van der Waals surface area contributed by atoms with Crippen LogP contribution >= 0.6 is 23.2 Å². The zero-order valence-corrected chi connectivity index (χ0v) is 11.6. The van der Waals surface area contributed by atoms with Crippen molar-refractivity contribution in [2.75, 3.05) is 6.54 Å². The number of nitrogens with zero attached hydrogens (tertiary/aromatic N) is 1. The maximum atomic E-state index is 6.17. The van der Waals surface area contributed by atoms with Crippen LogP contribution in [-0.4, -0.2) is 16.5 Å². The molecule has 0 spiro atoms. The number of halogens is 2. The second-order valence-corrected chi connectivity index (χ2v) is 5.02. The van der Waals surface area contributed by atoms with Gasteiger partial charge in [0.1, 0.15) is 5.82 Å². The molecule has 2 aromatic rings. The molecule has 18 heavy (non-hydrogen) atoms. The largest absolute Gasteiger partial charge is 0.348 e. The molecule has 2 N–H and O–H groups in total. The molecule has 1 aromatic carbocycles. The van der Waals surface area contributed by atoms with E-state index >= 15 is 0 Å². The van der Waals surface area contributed by atoms with Crippen molar-refractivity contribution in [1.82, 2.24) is 15.3 Å². The highest BCUT2D eigenvalue weighted by Crippen LogP contribution is 2.30. The summed E-state index contributed by atoms with van der Waals surface area (Å²) in [5.74, 6) is 1.17. The first-order chi connectivity index (χ1) is 8.68.